The van der Waals surface area contributed by atoms with Gasteiger partial charge in [-0.05, 0) is 36.4 Å². The van der Waals surface area contributed by atoms with Gasteiger partial charge in [0.15, 0.2) is 0 Å². The molecule has 2 aromatic rings. The van der Waals surface area contributed by atoms with E-state index in [-0.39, 0.29) is 17.8 Å². The highest BCUT2D eigenvalue weighted by molar-refractivity contribution is 6.08. The van der Waals surface area contributed by atoms with E-state index in [4.69, 9.17) is 5.11 Å². The fourth-order valence-corrected chi connectivity index (χ4v) is 2.07. The van der Waals surface area contributed by atoms with Crippen LogP contribution in [-0.2, 0) is 0 Å². The Morgan fingerprint density at radius 2 is 1.77 bits per heavy atom. The lowest BCUT2D eigenvalue weighted by atomic mass is 10.1. The van der Waals surface area contributed by atoms with Crippen LogP contribution < -0.4 is 15.4 Å². The van der Waals surface area contributed by atoms with Crippen molar-refractivity contribution >= 4 is 17.3 Å². The van der Waals surface area contributed by atoms with E-state index in [1.165, 1.54) is 12.1 Å². The molecule has 9 heteroatoms. The summed E-state index contributed by atoms with van der Waals surface area (Å²) in [7, 11) is 0. The minimum atomic E-state index is -4.78. The average molecular weight is 370 g/mol. The molecule has 1 unspecified atom stereocenters. The molecule has 0 fully saturated rings. The highest BCUT2D eigenvalue weighted by atomic mass is 19.4. The Balaban J connectivity index is 2.05. The maximum Gasteiger partial charge on any atom is 0.573 e. The van der Waals surface area contributed by atoms with E-state index >= 15 is 0 Å². The summed E-state index contributed by atoms with van der Waals surface area (Å²) >= 11 is 0. The minimum Gasteiger partial charge on any atom is -0.406 e. The first-order valence-corrected chi connectivity index (χ1v) is 7.57. The number of carbonyl (C=O) groups is 1. The number of halogens is 3. The Morgan fingerprint density at radius 1 is 1.12 bits per heavy atom. The number of para-hydroxylation sites is 1. The monoisotopic (exact) mass is 370 g/mol. The molecule has 26 heavy (non-hydrogen) atoms. The summed E-state index contributed by atoms with van der Waals surface area (Å²) in [6.45, 7) is -0.377. The number of hydrogen-bond donors (Lipinski definition) is 4. The third-order valence-corrected chi connectivity index (χ3v) is 3.26. The van der Waals surface area contributed by atoms with E-state index in [1.54, 1.807) is 24.3 Å². The van der Waals surface area contributed by atoms with Crippen LogP contribution in [0.25, 0.3) is 0 Å². The van der Waals surface area contributed by atoms with Crippen molar-refractivity contribution in [3.8, 4) is 5.75 Å². The number of carbonyl (C=O) groups excluding carboxylic acids is 1. The average Bonchev–Trinajstić information content (AvgIpc) is 2.60. The van der Waals surface area contributed by atoms with E-state index in [1.807, 2.05) is 0 Å². The SMILES string of the molecule is O=C(Nc1ccc(OC(F)(F)F)cc1)c1ccccc1NCC(O)CO. The Morgan fingerprint density at radius 3 is 2.38 bits per heavy atom. The molecule has 0 bridgehead atoms. The number of aliphatic hydroxyl groups is 2. The van der Waals surface area contributed by atoms with Crippen molar-refractivity contribution in [2.45, 2.75) is 12.5 Å². The lowest BCUT2D eigenvalue weighted by Crippen LogP contribution is -2.24. The number of anilines is 2. The Kier molecular flexibility index (Phi) is 6.42. The van der Waals surface area contributed by atoms with Gasteiger partial charge in [0.05, 0.1) is 18.3 Å². The van der Waals surface area contributed by atoms with Crippen LogP contribution in [0.2, 0.25) is 0 Å². The fourth-order valence-electron chi connectivity index (χ4n) is 2.07. The largest absolute Gasteiger partial charge is 0.573 e. The van der Waals surface area contributed by atoms with E-state index in [0.29, 0.717) is 5.69 Å². The molecule has 0 saturated carbocycles. The number of hydrogen-bond acceptors (Lipinski definition) is 5. The summed E-state index contributed by atoms with van der Waals surface area (Å²) in [6.07, 6.45) is -5.76. The second-order valence-corrected chi connectivity index (χ2v) is 5.29. The van der Waals surface area contributed by atoms with E-state index in [0.717, 1.165) is 12.1 Å². The smallest absolute Gasteiger partial charge is 0.406 e. The van der Waals surface area contributed by atoms with Crippen molar-refractivity contribution in [2.75, 3.05) is 23.8 Å². The molecule has 1 atom stereocenters. The van der Waals surface area contributed by atoms with Crippen molar-refractivity contribution in [3.05, 3.63) is 54.1 Å². The van der Waals surface area contributed by atoms with Gasteiger partial charge in [-0.2, -0.15) is 0 Å². The van der Waals surface area contributed by atoms with Crippen LogP contribution in [0.5, 0.6) is 5.75 Å². The molecule has 140 valence electrons. The highest BCUT2D eigenvalue weighted by Crippen LogP contribution is 2.24. The van der Waals surface area contributed by atoms with Crippen molar-refractivity contribution in [3.63, 3.8) is 0 Å². The van der Waals surface area contributed by atoms with Gasteiger partial charge in [0.1, 0.15) is 5.75 Å². The highest BCUT2D eigenvalue weighted by Gasteiger charge is 2.31. The van der Waals surface area contributed by atoms with Gasteiger partial charge in [-0.15, -0.1) is 13.2 Å². The van der Waals surface area contributed by atoms with Crippen LogP contribution in [-0.4, -0.2) is 41.7 Å². The van der Waals surface area contributed by atoms with Crippen LogP contribution >= 0.6 is 0 Å². The molecule has 2 rings (SSSR count). The van der Waals surface area contributed by atoms with Gasteiger partial charge in [-0.25, -0.2) is 0 Å². The van der Waals surface area contributed by atoms with Gasteiger partial charge in [0.2, 0.25) is 0 Å². The second kappa shape index (κ2) is 8.54. The molecule has 0 aliphatic carbocycles. The van der Waals surface area contributed by atoms with E-state index < -0.39 is 30.7 Å². The zero-order chi connectivity index (χ0) is 19.2. The van der Waals surface area contributed by atoms with Gasteiger partial charge in [-0.3, -0.25) is 4.79 Å². The van der Waals surface area contributed by atoms with Gasteiger partial charge in [0.25, 0.3) is 5.91 Å². The van der Waals surface area contributed by atoms with Crippen LogP contribution in [0.15, 0.2) is 48.5 Å². The van der Waals surface area contributed by atoms with E-state index in [2.05, 4.69) is 15.4 Å². The number of alkyl halides is 3. The van der Waals surface area contributed by atoms with Gasteiger partial charge >= 0.3 is 6.36 Å². The molecule has 0 aliphatic heterocycles. The summed E-state index contributed by atoms with van der Waals surface area (Å²) in [5.41, 5.74) is 0.998. The summed E-state index contributed by atoms with van der Waals surface area (Å²) in [4.78, 5) is 12.4. The standard InChI is InChI=1S/C17H17F3N2O4/c18-17(19,20)26-13-7-5-11(6-8-13)22-16(25)14-3-1-2-4-15(14)21-9-12(24)10-23/h1-8,12,21,23-24H,9-10H2,(H,22,25). The van der Waals surface area contributed by atoms with Crippen molar-refractivity contribution in [1.29, 1.82) is 0 Å². The number of aliphatic hydroxyl groups excluding tert-OH is 2. The maximum atomic E-state index is 12.4. The lowest BCUT2D eigenvalue weighted by Gasteiger charge is -2.14. The molecule has 0 heterocycles. The minimum absolute atomic E-state index is 0.0459. The first-order chi connectivity index (χ1) is 12.3. The normalized spacial score (nSPS) is 12.3. The van der Waals surface area contributed by atoms with Crippen LogP contribution in [0.3, 0.4) is 0 Å². The van der Waals surface area contributed by atoms with Gasteiger partial charge in [0, 0.05) is 17.9 Å². The molecule has 4 N–H and O–H groups in total. The fraction of sp³-hybridized carbons (Fsp3) is 0.235. The van der Waals surface area contributed by atoms with Crippen LogP contribution in [0, 0.1) is 0 Å². The molecule has 2 aromatic carbocycles. The third kappa shape index (κ3) is 5.94. The van der Waals surface area contributed by atoms with Crippen molar-refractivity contribution < 1.29 is 32.9 Å². The van der Waals surface area contributed by atoms with Crippen molar-refractivity contribution in [1.82, 2.24) is 0 Å². The molecule has 6 nitrogen and oxygen atoms in total. The molecule has 0 aromatic heterocycles. The van der Waals surface area contributed by atoms with Crippen LogP contribution in [0.1, 0.15) is 10.4 Å². The first kappa shape index (κ1) is 19.5. The number of benzene rings is 2. The lowest BCUT2D eigenvalue weighted by molar-refractivity contribution is -0.274. The van der Waals surface area contributed by atoms with Gasteiger partial charge < -0.3 is 25.6 Å². The zero-order valence-electron chi connectivity index (χ0n) is 13.5. The molecular weight excluding hydrogens is 353 g/mol. The molecule has 0 saturated heterocycles. The Hall–Kier alpha value is -2.78. The summed E-state index contributed by atoms with van der Waals surface area (Å²) in [5.74, 6) is -0.883. The molecule has 0 radical (unpaired) electrons. The predicted molar refractivity (Wildman–Crippen MR) is 89.1 cm³/mol. The quantitative estimate of drug-likeness (QED) is 0.602. The topological polar surface area (TPSA) is 90.8 Å². The number of ether oxygens (including phenoxy) is 1. The second-order valence-electron chi connectivity index (χ2n) is 5.29. The van der Waals surface area contributed by atoms with Crippen molar-refractivity contribution in [2.24, 2.45) is 0 Å². The number of nitrogens with one attached hydrogen (secondary N) is 2. The van der Waals surface area contributed by atoms with Gasteiger partial charge in [-0.1, -0.05) is 12.1 Å². The molecule has 0 aliphatic rings. The number of rotatable bonds is 7. The van der Waals surface area contributed by atoms with E-state index in [9.17, 15) is 23.1 Å². The number of amides is 1. The summed E-state index contributed by atoms with van der Waals surface area (Å²) < 4.78 is 40.2. The summed E-state index contributed by atoms with van der Waals surface area (Å²) in [5, 5.41) is 23.6. The first-order valence-electron chi connectivity index (χ1n) is 7.57. The third-order valence-electron chi connectivity index (χ3n) is 3.26. The molecular formula is C17H17F3N2O4. The maximum absolute atomic E-state index is 12.4. The Labute approximate surface area is 147 Å². The molecule has 1 amide bonds. The molecule has 0 spiro atoms. The summed E-state index contributed by atoms with van der Waals surface area (Å²) in [6, 6.07) is 11.2. The van der Waals surface area contributed by atoms with Crippen LogP contribution in [0.4, 0.5) is 24.5 Å². The zero-order valence-corrected chi connectivity index (χ0v) is 13.5. The Bertz CT molecular complexity index is 736. The predicted octanol–water partition coefficient (Wildman–Crippen LogP) is 2.60.